The van der Waals surface area contributed by atoms with Crippen LogP contribution in [0.5, 0.6) is 11.5 Å². The van der Waals surface area contributed by atoms with Gasteiger partial charge in [0.25, 0.3) is 0 Å². The van der Waals surface area contributed by atoms with Crippen LogP contribution in [0.25, 0.3) is 22.6 Å². The molecular formula is C26H23ClN2O4. The van der Waals surface area contributed by atoms with Crippen LogP contribution >= 0.6 is 11.6 Å². The Kier molecular flexibility index (Phi) is 6.95. The summed E-state index contributed by atoms with van der Waals surface area (Å²) < 4.78 is 16.6. The Morgan fingerprint density at radius 3 is 2.18 bits per heavy atom. The number of oxazole rings is 1. The summed E-state index contributed by atoms with van der Waals surface area (Å²) in [4.78, 5) is 17.3. The first kappa shape index (κ1) is 22.4. The molecule has 0 saturated carbocycles. The van der Waals surface area contributed by atoms with Crippen molar-refractivity contribution in [2.75, 3.05) is 19.5 Å². The van der Waals surface area contributed by atoms with Gasteiger partial charge in [0.05, 0.1) is 24.9 Å². The van der Waals surface area contributed by atoms with E-state index in [1.807, 2.05) is 60.7 Å². The van der Waals surface area contributed by atoms with Crippen LogP contribution in [0.4, 0.5) is 5.69 Å². The van der Waals surface area contributed by atoms with Crippen LogP contribution in [-0.2, 0) is 11.2 Å². The average molecular weight is 463 g/mol. The molecule has 0 aliphatic rings. The lowest BCUT2D eigenvalue weighted by atomic mass is 10.1. The van der Waals surface area contributed by atoms with E-state index in [0.29, 0.717) is 40.3 Å². The number of amides is 1. The van der Waals surface area contributed by atoms with Crippen molar-refractivity contribution in [1.29, 1.82) is 0 Å². The molecule has 0 spiro atoms. The number of carbonyl (C=O) groups is 1. The molecule has 1 amide bonds. The molecule has 1 aromatic heterocycles. The topological polar surface area (TPSA) is 73.6 Å². The van der Waals surface area contributed by atoms with Gasteiger partial charge in [0.1, 0.15) is 5.69 Å². The first-order chi connectivity index (χ1) is 16.1. The summed E-state index contributed by atoms with van der Waals surface area (Å²) in [5.41, 5.74) is 3.08. The minimum atomic E-state index is -0.218. The fraction of sp³-hybridized carbons (Fsp3) is 0.154. The first-order valence-electron chi connectivity index (χ1n) is 10.4. The molecule has 0 fully saturated rings. The minimum absolute atomic E-state index is 0.174. The number of hydrogen-bond donors (Lipinski definition) is 1. The molecule has 6 nitrogen and oxygen atoms in total. The highest BCUT2D eigenvalue weighted by molar-refractivity contribution is 6.34. The number of nitrogens with zero attached hydrogens (tertiary/aromatic N) is 1. The number of aromatic nitrogens is 1. The van der Waals surface area contributed by atoms with Gasteiger partial charge in [-0.15, -0.1) is 0 Å². The SMILES string of the molecule is COc1cc(Cl)c(NC(=O)CCc2nc(-c3ccccc3)c(-c3ccccc3)o2)cc1OC. The predicted molar refractivity (Wildman–Crippen MR) is 129 cm³/mol. The summed E-state index contributed by atoms with van der Waals surface area (Å²) in [5, 5.41) is 3.17. The number of anilines is 1. The predicted octanol–water partition coefficient (Wildman–Crippen LogP) is 6.25. The maximum Gasteiger partial charge on any atom is 0.224 e. The van der Waals surface area contributed by atoms with E-state index in [4.69, 9.17) is 30.5 Å². The summed E-state index contributed by atoms with van der Waals surface area (Å²) in [6.07, 6.45) is 0.511. The molecule has 0 atom stereocenters. The van der Waals surface area contributed by atoms with E-state index in [0.717, 1.165) is 16.8 Å². The fourth-order valence-electron chi connectivity index (χ4n) is 3.43. The lowest BCUT2D eigenvalue weighted by Gasteiger charge is -2.12. The van der Waals surface area contributed by atoms with Gasteiger partial charge in [-0.25, -0.2) is 4.98 Å². The smallest absolute Gasteiger partial charge is 0.224 e. The molecule has 0 bridgehead atoms. The van der Waals surface area contributed by atoms with Crippen LogP contribution in [0.15, 0.2) is 77.2 Å². The Morgan fingerprint density at radius 1 is 0.939 bits per heavy atom. The molecule has 7 heteroatoms. The van der Waals surface area contributed by atoms with Crippen molar-refractivity contribution in [3.05, 3.63) is 83.7 Å². The number of methoxy groups -OCH3 is 2. The summed E-state index contributed by atoms with van der Waals surface area (Å²) in [7, 11) is 3.05. The Hall–Kier alpha value is -3.77. The van der Waals surface area contributed by atoms with Crippen LogP contribution in [0.2, 0.25) is 5.02 Å². The molecule has 0 aliphatic heterocycles. The van der Waals surface area contributed by atoms with Crippen molar-refractivity contribution < 1.29 is 18.7 Å². The molecule has 4 aromatic rings. The number of nitrogens with one attached hydrogen (secondary N) is 1. The minimum Gasteiger partial charge on any atom is -0.493 e. The van der Waals surface area contributed by atoms with E-state index in [2.05, 4.69) is 5.32 Å². The second-order valence-electron chi connectivity index (χ2n) is 7.25. The highest BCUT2D eigenvalue weighted by Crippen LogP contribution is 2.36. The van der Waals surface area contributed by atoms with Crippen LogP contribution in [0, 0.1) is 0 Å². The Bertz CT molecular complexity index is 1180. The standard InChI is InChI=1S/C26H23ClN2O4/c1-31-21-15-19(27)20(16-22(21)32-2)28-23(30)13-14-24-29-25(17-9-5-3-6-10-17)26(33-24)18-11-7-4-8-12-18/h3-12,15-16H,13-14H2,1-2H3,(H,28,30). The largest absolute Gasteiger partial charge is 0.493 e. The summed E-state index contributed by atoms with van der Waals surface area (Å²) in [5.74, 6) is 1.92. The van der Waals surface area contributed by atoms with Gasteiger partial charge in [-0.05, 0) is 0 Å². The van der Waals surface area contributed by atoms with Crippen LogP contribution < -0.4 is 14.8 Å². The number of rotatable bonds is 8. The average Bonchev–Trinajstić information content (AvgIpc) is 3.29. The van der Waals surface area contributed by atoms with E-state index in [1.165, 1.54) is 14.2 Å². The van der Waals surface area contributed by atoms with Gasteiger partial charge < -0.3 is 19.2 Å². The van der Waals surface area contributed by atoms with E-state index in [1.54, 1.807) is 12.1 Å². The zero-order chi connectivity index (χ0) is 23.2. The van der Waals surface area contributed by atoms with Crippen molar-refractivity contribution in [3.63, 3.8) is 0 Å². The van der Waals surface area contributed by atoms with Gasteiger partial charge in [-0.2, -0.15) is 0 Å². The number of hydrogen-bond acceptors (Lipinski definition) is 5. The zero-order valence-corrected chi connectivity index (χ0v) is 19.1. The van der Waals surface area contributed by atoms with Gasteiger partial charge in [-0.3, -0.25) is 4.79 Å². The molecule has 1 heterocycles. The van der Waals surface area contributed by atoms with Crippen LogP contribution in [-0.4, -0.2) is 25.1 Å². The number of aryl methyl sites for hydroxylation is 1. The summed E-state index contributed by atoms with van der Waals surface area (Å²) in [6.45, 7) is 0. The number of benzene rings is 3. The molecule has 0 unspecified atom stereocenters. The summed E-state index contributed by atoms with van der Waals surface area (Å²) in [6, 6.07) is 22.9. The number of carbonyl (C=O) groups excluding carboxylic acids is 1. The maximum atomic E-state index is 12.6. The molecular weight excluding hydrogens is 440 g/mol. The van der Waals surface area contributed by atoms with E-state index in [-0.39, 0.29) is 12.3 Å². The Morgan fingerprint density at radius 2 is 1.55 bits per heavy atom. The van der Waals surface area contributed by atoms with Crippen molar-refractivity contribution >= 4 is 23.2 Å². The Balaban J connectivity index is 1.52. The van der Waals surface area contributed by atoms with Crippen molar-refractivity contribution in [3.8, 4) is 34.1 Å². The van der Waals surface area contributed by atoms with Crippen LogP contribution in [0.1, 0.15) is 12.3 Å². The fourth-order valence-corrected chi connectivity index (χ4v) is 3.63. The highest BCUT2D eigenvalue weighted by Gasteiger charge is 2.18. The molecule has 4 rings (SSSR count). The molecule has 0 radical (unpaired) electrons. The summed E-state index contributed by atoms with van der Waals surface area (Å²) >= 11 is 6.28. The van der Waals surface area contributed by atoms with Crippen molar-refractivity contribution in [1.82, 2.24) is 4.98 Å². The molecule has 1 N–H and O–H groups in total. The molecule has 33 heavy (non-hydrogen) atoms. The van der Waals surface area contributed by atoms with E-state index in [9.17, 15) is 4.79 Å². The van der Waals surface area contributed by atoms with E-state index >= 15 is 0 Å². The normalized spacial score (nSPS) is 10.6. The second-order valence-corrected chi connectivity index (χ2v) is 7.66. The lowest BCUT2D eigenvalue weighted by molar-refractivity contribution is -0.116. The quantitative estimate of drug-likeness (QED) is 0.335. The van der Waals surface area contributed by atoms with Crippen molar-refractivity contribution in [2.45, 2.75) is 12.8 Å². The lowest BCUT2D eigenvalue weighted by Crippen LogP contribution is -2.13. The third-order valence-electron chi connectivity index (χ3n) is 5.07. The Labute approximate surface area is 197 Å². The third kappa shape index (κ3) is 5.18. The highest BCUT2D eigenvalue weighted by atomic mass is 35.5. The van der Waals surface area contributed by atoms with Gasteiger partial charge in [-0.1, -0.05) is 72.3 Å². The van der Waals surface area contributed by atoms with Crippen LogP contribution in [0.3, 0.4) is 0 Å². The first-order valence-corrected chi connectivity index (χ1v) is 10.8. The molecule has 0 aliphatic carbocycles. The number of halogens is 1. The van der Waals surface area contributed by atoms with Crippen molar-refractivity contribution in [2.24, 2.45) is 0 Å². The third-order valence-corrected chi connectivity index (χ3v) is 5.38. The molecule has 0 saturated heterocycles. The van der Waals surface area contributed by atoms with E-state index < -0.39 is 0 Å². The molecule has 168 valence electrons. The number of ether oxygens (including phenoxy) is 2. The van der Waals surface area contributed by atoms with Gasteiger partial charge in [0.15, 0.2) is 23.1 Å². The monoisotopic (exact) mass is 462 g/mol. The van der Waals surface area contributed by atoms with Gasteiger partial charge in [0, 0.05) is 36.1 Å². The van der Waals surface area contributed by atoms with Gasteiger partial charge >= 0.3 is 0 Å². The maximum absolute atomic E-state index is 12.6. The van der Waals surface area contributed by atoms with Gasteiger partial charge in [0.2, 0.25) is 5.91 Å². The second kappa shape index (κ2) is 10.2. The zero-order valence-electron chi connectivity index (χ0n) is 18.3. The molecule has 3 aromatic carbocycles.